The Morgan fingerprint density at radius 2 is 1.95 bits per heavy atom. The SMILES string of the molecule is COc1ccc(Br)c(C(=O)C(C#N)c2ccc(Cl)cc2)c1. The molecule has 0 aliphatic heterocycles. The third kappa shape index (κ3) is 3.44. The quantitative estimate of drug-likeness (QED) is 0.745. The van der Waals surface area contributed by atoms with Gasteiger partial charge in [0.2, 0.25) is 0 Å². The van der Waals surface area contributed by atoms with E-state index < -0.39 is 5.92 Å². The monoisotopic (exact) mass is 363 g/mol. The molecule has 21 heavy (non-hydrogen) atoms. The van der Waals surface area contributed by atoms with E-state index in [0.717, 1.165) is 0 Å². The van der Waals surface area contributed by atoms with Gasteiger partial charge in [-0.05, 0) is 35.9 Å². The van der Waals surface area contributed by atoms with Crippen molar-refractivity contribution < 1.29 is 9.53 Å². The van der Waals surface area contributed by atoms with Crippen LogP contribution in [0.15, 0.2) is 46.9 Å². The number of rotatable bonds is 4. The minimum absolute atomic E-state index is 0.286. The molecule has 0 radical (unpaired) electrons. The Balaban J connectivity index is 2.41. The van der Waals surface area contributed by atoms with E-state index in [1.54, 1.807) is 42.5 Å². The van der Waals surface area contributed by atoms with Crippen molar-refractivity contribution in [3.05, 3.63) is 63.1 Å². The molecule has 0 spiro atoms. The standard InChI is InChI=1S/C16H11BrClNO2/c1-21-12-6-7-15(17)13(8-12)16(20)14(9-19)10-2-4-11(18)5-3-10/h2-8,14H,1H3. The number of hydrogen-bond donors (Lipinski definition) is 0. The molecule has 0 aromatic heterocycles. The molecule has 0 aliphatic rings. The second-order valence-electron chi connectivity index (χ2n) is 4.32. The van der Waals surface area contributed by atoms with Gasteiger partial charge in [0.1, 0.15) is 11.7 Å². The van der Waals surface area contributed by atoms with E-state index in [2.05, 4.69) is 15.9 Å². The molecule has 0 bridgehead atoms. The van der Waals surface area contributed by atoms with Crippen LogP contribution in [0.25, 0.3) is 0 Å². The Labute approximate surface area is 136 Å². The predicted molar refractivity (Wildman–Crippen MR) is 84.8 cm³/mol. The van der Waals surface area contributed by atoms with E-state index in [9.17, 15) is 10.1 Å². The van der Waals surface area contributed by atoms with Crippen molar-refractivity contribution in [3.63, 3.8) is 0 Å². The van der Waals surface area contributed by atoms with Crippen LogP contribution in [0.1, 0.15) is 21.8 Å². The number of ketones is 1. The van der Waals surface area contributed by atoms with Gasteiger partial charge >= 0.3 is 0 Å². The largest absolute Gasteiger partial charge is 0.497 e. The minimum atomic E-state index is -0.884. The molecule has 0 saturated carbocycles. The van der Waals surface area contributed by atoms with Crippen LogP contribution in [-0.2, 0) is 0 Å². The Morgan fingerprint density at radius 1 is 1.29 bits per heavy atom. The van der Waals surface area contributed by atoms with Crippen molar-refractivity contribution in [1.82, 2.24) is 0 Å². The summed E-state index contributed by atoms with van der Waals surface area (Å²) in [7, 11) is 1.53. The van der Waals surface area contributed by atoms with Gasteiger partial charge < -0.3 is 4.74 Å². The number of ether oxygens (including phenoxy) is 1. The van der Waals surface area contributed by atoms with E-state index in [0.29, 0.717) is 26.4 Å². The normalized spacial score (nSPS) is 11.5. The second kappa shape index (κ2) is 6.75. The molecule has 5 heteroatoms. The topological polar surface area (TPSA) is 50.1 Å². The van der Waals surface area contributed by atoms with Crippen LogP contribution in [0.5, 0.6) is 5.75 Å². The van der Waals surface area contributed by atoms with E-state index in [1.807, 2.05) is 6.07 Å². The lowest BCUT2D eigenvalue weighted by atomic mass is 9.92. The second-order valence-corrected chi connectivity index (χ2v) is 5.61. The summed E-state index contributed by atoms with van der Waals surface area (Å²) < 4.78 is 5.75. The molecule has 106 valence electrons. The zero-order chi connectivity index (χ0) is 15.4. The molecule has 3 nitrogen and oxygen atoms in total. The fraction of sp³-hybridized carbons (Fsp3) is 0.125. The lowest BCUT2D eigenvalue weighted by Gasteiger charge is -2.11. The van der Waals surface area contributed by atoms with E-state index >= 15 is 0 Å². The van der Waals surface area contributed by atoms with Gasteiger partial charge in [-0.15, -0.1) is 0 Å². The predicted octanol–water partition coefficient (Wildman–Crippen LogP) is 4.60. The van der Waals surface area contributed by atoms with Crippen LogP contribution in [-0.4, -0.2) is 12.9 Å². The number of carbonyl (C=O) groups excluding carboxylic acids is 1. The smallest absolute Gasteiger partial charge is 0.185 e. The summed E-state index contributed by atoms with van der Waals surface area (Å²) in [5.74, 6) is -0.606. The van der Waals surface area contributed by atoms with Gasteiger partial charge in [0.15, 0.2) is 5.78 Å². The van der Waals surface area contributed by atoms with Crippen LogP contribution in [0, 0.1) is 11.3 Å². The zero-order valence-electron chi connectivity index (χ0n) is 11.1. The molecule has 2 aromatic rings. The highest BCUT2D eigenvalue weighted by Gasteiger charge is 2.24. The van der Waals surface area contributed by atoms with E-state index in [-0.39, 0.29) is 5.78 Å². The fourth-order valence-corrected chi connectivity index (χ4v) is 2.48. The van der Waals surface area contributed by atoms with Gasteiger partial charge in [-0.25, -0.2) is 0 Å². The van der Waals surface area contributed by atoms with Crippen LogP contribution in [0.2, 0.25) is 5.02 Å². The van der Waals surface area contributed by atoms with E-state index in [4.69, 9.17) is 16.3 Å². The van der Waals surface area contributed by atoms with Crippen molar-refractivity contribution in [2.24, 2.45) is 0 Å². The number of halogens is 2. The summed E-state index contributed by atoms with van der Waals surface area (Å²) >= 11 is 9.16. The van der Waals surface area contributed by atoms with Crippen molar-refractivity contribution in [2.45, 2.75) is 5.92 Å². The molecule has 0 saturated heterocycles. The summed E-state index contributed by atoms with van der Waals surface area (Å²) in [5.41, 5.74) is 1.03. The average molecular weight is 365 g/mol. The highest BCUT2D eigenvalue weighted by atomic mass is 79.9. The van der Waals surface area contributed by atoms with Crippen LogP contribution in [0.4, 0.5) is 0 Å². The van der Waals surface area contributed by atoms with Crippen molar-refractivity contribution in [2.75, 3.05) is 7.11 Å². The van der Waals surface area contributed by atoms with Gasteiger partial charge in [-0.3, -0.25) is 4.79 Å². The first-order valence-electron chi connectivity index (χ1n) is 6.09. The first-order valence-corrected chi connectivity index (χ1v) is 7.26. The number of methoxy groups -OCH3 is 1. The van der Waals surface area contributed by atoms with Gasteiger partial charge in [0.05, 0.1) is 13.2 Å². The molecular weight excluding hydrogens is 354 g/mol. The molecule has 0 fully saturated rings. The van der Waals surface area contributed by atoms with Crippen LogP contribution >= 0.6 is 27.5 Å². The summed E-state index contributed by atoms with van der Waals surface area (Å²) in [6.45, 7) is 0. The van der Waals surface area contributed by atoms with Crippen molar-refractivity contribution in [1.29, 1.82) is 5.26 Å². The lowest BCUT2D eigenvalue weighted by Crippen LogP contribution is -2.12. The Kier molecular flexibility index (Phi) is 5.00. The van der Waals surface area contributed by atoms with E-state index in [1.165, 1.54) is 7.11 Å². The maximum Gasteiger partial charge on any atom is 0.185 e. The number of nitrogens with zero attached hydrogens (tertiary/aromatic N) is 1. The molecule has 1 unspecified atom stereocenters. The molecule has 1 atom stereocenters. The average Bonchev–Trinajstić information content (AvgIpc) is 2.50. The number of benzene rings is 2. The zero-order valence-corrected chi connectivity index (χ0v) is 13.5. The highest BCUT2D eigenvalue weighted by Crippen LogP contribution is 2.28. The summed E-state index contributed by atoms with van der Waals surface area (Å²) in [6, 6.07) is 13.8. The summed E-state index contributed by atoms with van der Waals surface area (Å²) in [4.78, 5) is 12.6. The van der Waals surface area contributed by atoms with Gasteiger partial charge in [-0.2, -0.15) is 5.26 Å². The minimum Gasteiger partial charge on any atom is -0.497 e. The van der Waals surface area contributed by atoms with Crippen molar-refractivity contribution >= 4 is 33.3 Å². The van der Waals surface area contributed by atoms with Gasteiger partial charge in [0, 0.05) is 15.1 Å². The number of Topliss-reactive ketones (excluding diaryl/α,β-unsaturated/α-hetero) is 1. The number of hydrogen-bond acceptors (Lipinski definition) is 3. The Hall–Kier alpha value is -1.83. The van der Waals surface area contributed by atoms with Gasteiger partial charge in [0.25, 0.3) is 0 Å². The molecule has 2 rings (SSSR count). The molecular formula is C16H11BrClNO2. The first kappa shape index (κ1) is 15.6. The molecule has 0 aliphatic carbocycles. The third-order valence-corrected chi connectivity index (χ3v) is 3.98. The molecule has 0 N–H and O–H groups in total. The highest BCUT2D eigenvalue weighted by molar-refractivity contribution is 9.10. The number of carbonyl (C=O) groups is 1. The number of nitriles is 1. The summed E-state index contributed by atoms with van der Waals surface area (Å²) in [5, 5.41) is 9.91. The molecule has 0 heterocycles. The van der Waals surface area contributed by atoms with Crippen molar-refractivity contribution in [3.8, 4) is 11.8 Å². The maximum absolute atomic E-state index is 12.6. The Bertz CT molecular complexity index is 707. The third-order valence-electron chi connectivity index (χ3n) is 3.03. The maximum atomic E-state index is 12.6. The summed E-state index contributed by atoms with van der Waals surface area (Å²) in [6.07, 6.45) is 0. The van der Waals surface area contributed by atoms with Crippen LogP contribution < -0.4 is 4.74 Å². The fourth-order valence-electron chi connectivity index (χ4n) is 1.92. The Morgan fingerprint density at radius 3 is 2.52 bits per heavy atom. The van der Waals surface area contributed by atoms with Gasteiger partial charge in [-0.1, -0.05) is 39.7 Å². The molecule has 0 amide bonds. The lowest BCUT2D eigenvalue weighted by molar-refractivity contribution is 0.0978. The van der Waals surface area contributed by atoms with Crippen LogP contribution in [0.3, 0.4) is 0 Å². The first-order chi connectivity index (χ1) is 10.1. The molecule has 2 aromatic carbocycles.